The van der Waals surface area contributed by atoms with Crippen LogP contribution in [0.4, 0.5) is 11.4 Å². The fourth-order valence-corrected chi connectivity index (χ4v) is 2.65. The molecule has 0 aliphatic rings. The number of benzene rings is 3. The van der Waals surface area contributed by atoms with Crippen LogP contribution in [0.3, 0.4) is 0 Å². The zero-order chi connectivity index (χ0) is 18.8. The quantitative estimate of drug-likeness (QED) is 0.416. The number of hydrogen-bond acceptors (Lipinski definition) is 5. The van der Waals surface area contributed by atoms with Crippen molar-refractivity contribution in [1.29, 1.82) is 0 Å². The molecule has 0 aliphatic heterocycles. The first-order chi connectivity index (χ1) is 12.4. The van der Waals surface area contributed by atoms with Crippen molar-refractivity contribution in [3.63, 3.8) is 0 Å². The third-order valence-electron chi connectivity index (χ3n) is 4.01. The molecule has 7 heteroatoms. The SMILES string of the molecule is Cc1cc(C(=O)O)ccc1N=Cc1c(O)ccc2cc([N+](=O)[O-])ccc12. The van der Waals surface area contributed by atoms with Crippen LogP contribution in [0.25, 0.3) is 10.8 Å². The maximum Gasteiger partial charge on any atom is 0.335 e. The van der Waals surface area contributed by atoms with Crippen molar-refractivity contribution >= 4 is 34.3 Å². The largest absolute Gasteiger partial charge is 0.507 e. The van der Waals surface area contributed by atoms with Gasteiger partial charge in [0.05, 0.1) is 16.2 Å². The van der Waals surface area contributed by atoms with Gasteiger partial charge in [-0.3, -0.25) is 15.1 Å². The van der Waals surface area contributed by atoms with Crippen molar-refractivity contribution in [2.24, 2.45) is 4.99 Å². The number of phenolic OH excluding ortho intramolecular Hbond substituents is 1. The highest BCUT2D eigenvalue weighted by Gasteiger charge is 2.11. The number of carbonyl (C=O) groups is 1. The standard InChI is InChI=1S/C19H14N2O5/c1-11-8-13(19(23)24)2-6-17(11)20-10-16-15-5-4-14(21(25)26)9-12(15)3-7-18(16)22/h2-10,22H,1H3,(H,23,24). The second-order valence-electron chi connectivity index (χ2n) is 5.73. The molecule has 130 valence electrons. The lowest BCUT2D eigenvalue weighted by Crippen LogP contribution is -1.96. The van der Waals surface area contributed by atoms with Gasteiger partial charge in [-0.25, -0.2) is 4.79 Å². The molecule has 0 saturated heterocycles. The zero-order valence-electron chi connectivity index (χ0n) is 13.7. The van der Waals surface area contributed by atoms with E-state index in [0.717, 1.165) is 0 Å². The lowest BCUT2D eigenvalue weighted by Gasteiger charge is -2.06. The fraction of sp³-hybridized carbons (Fsp3) is 0.0526. The number of aliphatic imine (C=N–C) groups is 1. The summed E-state index contributed by atoms with van der Waals surface area (Å²) < 4.78 is 0. The second kappa shape index (κ2) is 6.64. The molecule has 0 atom stereocenters. The van der Waals surface area contributed by atoms with Gasteiger partial charge in [0.15, 0.2) is 0 Å². The van der Waals surface area contributed by atoms with Gasteiger partial charge in [-0.05, 0) is 53.6 Å². The van der Waals surface area contributed by atoms with Gasteiger partial charge in [-0.1, -0.05) is 6.07 Å². The van der Waals surface area contributed by atoms with E-state index >= 15 is 0 Å². The first-order valence-electron chi connectivity index (χ1n) is 7.65. The van der Waals surface area contributed by atoms with Crippen LogP contribution in [0, 0.1) is 17.0 Å². The summed E-state index contributed by atoms with van der Waals surface area (Å²) in [6, 6.07) is 12.0. The van der Waals surface area contributed by atoms with E-state index in [1.54, 1.807) is 25.1 Å². The monoisotopic (exact) mass is 350 g/mol. The minimum absolute atomic E-state index is 0.00471. The number of nitrogens with zero attached hydrogens (tertiary/aromatic N) is 2. The molecule has 3 aromatic rings. The van der Waals surface area contributed by atoms with Crippen LogP contribution < -0.4 is 0 Å². The molecule has 0 amide bonds. The van der Waals surface area contributed by atoms with Crippen LogP contribution in [0.2, 0.25) is 0 Å². The van der Waals surface area contributed by atoms with E-state index in [2.05, 4.69) is 4.99 Å². The predicted octanol–water partition coefficient (Wildman–Crippen LogP) is 4.21. The van der Waals surface area contributed by atoms with Gasteiger partial charge in [0, 0.05) is 23.9 Å². The van der Waals surface area contributed by atoms with Crippen LogP contribution in [-0.4, -0.2) is 27.3 Å². The van der Waals surface area contributed by atoms with Gasteiger partial charge in [-0.2, -0.15) is 0 Å². The topological polar surface area (TPSA) is 113 Å². The Morgan fingerprint density at radius 1 is 1.15 bits per heavy atom. The number of carboxylic acid groups (broad SMARTS) is 1. The molecule has 0 aliphatic carbocycles. The van der Waals surface area contributed by atoms with E-state index in [0.29, 0.717) is 27.6 Å². The number of carboxylic acids is 1. The second-order valence-corrected chi connectivity index (χ2v) is 5.73. The van der Waals surface area contributed by atoms with Crippen LogP contribution in [-0.2, 0) is 0 Å². The molecule has 3 aromatic carbocycles. The zero-order valence-corrected chi connectivity index (χ0v) is 13.7. The summed E-state index contributed by atoms with van der Waals surface area (Å²) in [5, 5.41) is 31.3. The van der Waals surface area contributed by atoms with E-state index in [1.165, 1.54) is 36.5 Å². The van der Waals surface area contributed by atoms with E-state index in [4.69, 9.17) is 5.11 Å². The summed E-state index contributed by atoms with van der Waals surface area (Å²) in [4.78, 5) is 25.8. The third kappa shape index (κ3) is 3.23. The number of fused-ring (bicyclic) bond motifs is 1. The van der Waals surface area contributed by atoms with Crippen LogP contribution >= 0.6 is 0 Å². The number of phenols is 1. The Kier molecular flexibility index (Phi) is 4.36. The highest BCUT2D eigenvalue weighted by atomic mass is 16.6. The fourth-order valence-electron chi connectivity index (χ4n) is 2.65. The van der Waals surface area contributed by atoms with E-state index < -0.39 is 10.9 Å². The molecule has 3 rings (SSSR count). The highest BCUT2D eigenvalue weighted by molar-refractivity contribution is 6.03. The summed E-state index contributed by atoms with van der Waals surface area (Å²) in [6.45, 7) is 1.74. The number of rotatable bonds is 4. The number of nitro groups is 1. The summed E-state index contributed by atoms with van der Waals surface area (Å²) in [5.74, 6) is -1.02. The summed E-state index contributed by atoms with van der Waals surface area (Å²) in [6.07, 6.45) is 1.46. The Balaban J connectivity index is 2.05. The number of aryl methyl sites for hydroxylation is 1. The average molecular weight is 350 g/mol. The van der Waals surface area contributed by atoms with Gasteiger partial charge in [0.25, 0.3) is 5.69 Å². The molecular formula is C19H14N2O5. The molecule has 0 radical (unpaired) electrons. The average Bonchev–Trinajstić information content (AvgIpc) is 2.61. The Bertz CT molecular complexity index is 1070. The number of aromatic carboxylic acids is 1. The molecule has 0 spiro atoms. The Morgan fingerprint density at radius 2 is 1.92 bits per heavy atom. The number of non-ortho nitro benzene ring substituents is 1. The molecule has 2 N–H and O–H groups in total. The van der Waals surface area contributed by atoms with Crippen LogP contribution in [0.1, 0.15) is 21.5 Å². The van der Waals surface area contributed by atoms with Crippen molar-refractivity contribution < 1.29 is 19.9 Å². The van der Waals surface area contributed by atoms with Gasteiger partial charge >= 0.3 is 5.97 Å². The third-order valence-corrected chi connectivity index (χ3v) is 4.01. The molecule has 0 bridgehead atoms. The molecule has 0 aromatic heterocycles. The van der Waals surface area contributed by atoms with Gasteiger partial charge in [-0.15, -0.1) is 0 Å². The first kappa shape index (κ1) is 17.1. The van der Waals surface area contributed by atoms with Crippen molar-refractivity contribution in [3.05, 3.63) is 75.3 Å². The Labute approximate surface area is 148 Å². The first-order valence-corrected chi connectivity index (χ1v) is 7.65. The predicted molar refractivity (Wildman–Crippen MR) is 97.7 cm³/mol. The van der Waals surface area contributed by atoms with Crippen LogP contribution in [0.15, 0.2) is 53.5 Å². The van der Waals surface area contributed by atoms with E-state index in [-0.39, 0.29) is 17.0 Å². The summed E-state index contributed by atoms with van der Waals surface area (Å²) in [5.41, 5.74) is 1.80. The van der Waals surface area contributed by atoms with Crippen LogP contribution in [0.5, 0.6) is 5.75 Å². The van der Waals surface area contributed by atoms with Gasteiger partial charge < -0.3 is 10.2 Å². The number of hydrogen-bond donors (Lipinski definition) is 2. The van der Waals surface area contributed by atoms with Gasteiger partial charge in [0.1, 0.15) is 5.75 Å². The molecule has 0 heterocycles. The maximum atomic E-state index is 11.0. The van der Waals surface area contributed by atoms with Gasteiger partial charge in [0.2, 0.25) is 0 Å². The van der Waals surface area contributed by atoms with Crippen molar-refractivity contribution in [2.45, 2.75) is 6.92 Å². The molecule has 0 saturated carbocycles. The molecule has 26 heavy (non-hydrogen) atoms. The number of aromatic hydroxyl groups is 1. The lowest BCUT2D eigenvalue weighted by molar-refractivity contribution is -0.384. The minimum atomic E-state index is -1.02. The number of nitro benzene ring substituents is 1. The van der Waals surface area contributed by atoms with E-state index in [9.17, 15) is 20.0 Å². The Hall–Kier alpha value is -3.74. The lowest BCUT2D eigenvalue weighted by atomic mass is 10.0. The normalized spacial score (nSPS) is 11.1. The molecule has 7 nitrogen and oxygen atoms in total. The van der Waals surface area contributed by atoms with Crippen molar-refractivity contribution in [3.8, 4) is 5.75 Å². The maximum absolute atomic E-state index is 11.0. The molecular weight excluding hydrogens is 336 g/mol. The molecule has 0 unspecified atom stereocenters. The highest BCUT2D eigenvalue weighted by Crippen LogP contribution is 2.29. The van der Waals surface area contributed by atoms with Crippen molar-refractivity contribution in [2.75, 3.05) is 0 Å². The minimum Gasteiger partial charge on any atom is -0.507 e. The summed E-state index contributed by atoms with van der Waals surface area (Å²) in [7, 11) is 0. The summed E-state index contributed by atoms with van der Waals surface area (Å²) >= 11 is 0. The van der Waals surface area contributed by atoms with Crippen molar-refractivity contribution in [1.82, 2.24) is 0 Å². The smallest absolute Gasteiger partial charge is 0.335 e. The molecule has 0 fully saturated rings. The Morgan fingerprint density at radius 3 is 2.58 bits per heavy atom. The van der Waals surface area contributed by atoms with E-state index in [1.807, 2.05) is 0 Å².